The highest BCUT2D eigenvalue weighted by Gasteiger charge is 2.37. The molecule has 1 aliphatic rings. The molecule has 3 rings (SSSR count). The molecule has 27 heavy (non-hydrogen) atoms. The molecule has 0 saturated carbocycles. The minimum atomic E-state index is -1.06. The molecule has 0 spiro atoms. The number of halogens is 2. The quantitative estimate of drug-likeness (QED) is 0.787. The molecule has 8 heteroatoms. The highest BCUT2D eigenvalue weighted by atomic mass is 19.2. The molecule has 1 saturated heterocycles. The summed E-state index contributed by atoms with van der Waals surface area (Å²) in [5.74, 6) is -4.95. The van der Waals surface area contributed by atoms with Crippen LogP contribution >= 0.6 is 0 Å². The maximum absolute atomic E-state index is 13.4. The van der Waals surface area contributed by atoms with Crippen LogP contribution in [0.5, 0.6) is 0 Å². The summed E-state index contributed by atoms with van der Waals surface area (Å²) in [4.78, 5) is 36.9. The summed E-state index contributed by atoms with van der Waals surface area (Å²) in [6.45, 7) is 0.378. The van der Waals surface area contributed by atoms with Crippen molar-refractivity contribution in [1.29, 1.82) is 0 Å². The van der Waals surface area contributed by atoms with Gasteiger partial charge in [0.1, 0.15) is 5.92 Å². The fourth-order valence-corrected chi connectivity index (χ4v) is 2.91. The molecule has 0 bridgehead atoms. The van der Waals surface area contributed by atoms with Crippen molar-refractivity contribution in [2.24, 2.45) is 5.92 Å². The first kappa shape index (κ1) is 18.5. The lowest BCUT2D eigenvalue weighted by Crippen LogP contribution is -2.36. The average molecular weight is 374 g/mol. The first-order valence-electron chi connectivity index (χ1n) is 8.23. The van der Waals surface area contributed by atoms with E-state index in [1.165, 1.54) is 23.1 Å². The topological polar surface area (TPSA) is 86.7 Å². The van der Waals surface area contributed by atoms with Crippen LogP contribution in [-0.2, 0) is 16.1 Å². The van der Waals surface area contributed by atoms with E-state index >= 15 is 0 Å². The first-order valence-corrected chi connectivity index (χ1v) is 8.23. The normalized spacial score (nSPS) is 16.4. The number of carboxylic acid groups (broad SMARTS) is 1. The number of nitrogens with one attached hydrogen (secondary N) is 1. The zero-order chi connectivity index (χ0) is 19.6. The van der Waals surface area contributed by atoms with E-state index < -0.39 is 35.3 Å². The monoisotopic (exact) mass is 374 g/mol. The van der Waals surface area contributed by atoms with Gasteiger partial charge in [0, 0.05) is 24.8 Å². The predicted octanol–water partition coefficient (Wildman–Crippen LogP) is 2.33. The van der Waals surface area contributed by atoms with Crippen LogP contribution in [-0.4, -0.2) is 29.4 Å². The Kier molecular flexibility index (Phi) is 5.16. The lowest BCUT2D eigenvalue weighted by molar-refractivity contribution is -0.132. The van der Waals surface area contributed by atoms with Gasteiger partial charge in [0.05, 0.1) is 5.56 Å². The molecule has 2 amide bonds. The van der Waals surface area contributed by atoms with Crippen LogP contribution < -0.4 is 10.2 Å². The highest BCUT2D eigenvalue weighted by molar-refractivity contribution is 6.09. The van der Waals surface area contributed by atoms with Crippen molar-refractivity contribution in [3.8, 4) is 0 Å². The highest BCUT2D eigenvalue weighted by Crippen LogP contribution is 2.26. The van der Waals surface area contributed by atoms with Crippen LogP contribution in [0.1, 0.15) is 22.3 Å². The van der Waals surface area contributed by atoms with Crippen molar-refractivity contribution in [3.63, 3.8) is 0 Å². The van der Waals surface area contributed by atoms with Gasteiger partial charge in [-0.1, -0.05) is 12.1 Å². The Balaban J connectivity index is 1.61. The van der Waals surface area contributed by atoms with Gasteiger partial charge < -0.3 is 15.3 Å². The van der Waals surface area contributed by atoms with Crippen molar-refractivity contribution >= 4 is 23.5 Å². The molecule has 0 unspecified atom stereocenters. The van der Waals surface area contributed by atoms with E-state index in [1.807, 2.05) is 0 Å². The molecule has 2 aromatic carbocycles. The Labute approximate surface area is 153 Å². The number of hydrogen-bond donors (Lipinski definition) is 2. The van der Waals surface area contributed by atoms with Crippen LogP contribution in [0, 0.1) is 17.6 Å². The molecular weight excluding hydrogens is 358 g/mol. The van der Waals surface area contributed by atoms with Crippen LogP contribution in [0.3, 0.4) is 0 Å². The van der Waals surface area contributed by atoms with Gasteiger partial charge >= 0.3 is 5.97 Å². The molecule has 1 fully saturated rings. The number of hydrogen-bond acceptors (Lipinski definition) is 3. The number of benzene rings is 2. The van der Waals surface area contributed by atoms with Crippen LogP contribution in [0.4, 0.5) is 14.5 Å². The minimum absolute atomic E-state index is 0.137. The third kappa shape index (κ3) is 3.94. The number of amides is 2. The number of nitrogens with zero attached hydrogens (tertiary/aromatic N) is 1. The van der Waals surface area contributed by atoms with Gasteiger partial charge in [-0.2, -0.15) is 0 Å². The molecule has 0 aliphatic carbocycles. The van der Waals surface area contributed by atoms with Crippen LogP contribution in [0.15, 0.2) is 42.5 Å². The van der Waals surface area contributed by atoms with Crippen molar-refractivity contribution < 1.29 is 28.3 Å². The number of rotatable bonds is 5. The number of aromatic carboxylic acids is 1. The Morgan fingerprint density at radius 2 is 1.81 bits per heavy atom. The van der Waals surface area contributed by atoms with Gasteiger partial charge in [-0.3, -0.25) is 9.59 Å². The third-order valence-electron chi connectivity index (χ3n) is 4.40. The van der Waals surface area contributed by atoms with E-state index in [9.17, 15) is 23.2 Å². The van der Waals surface area contributed by atoms with Crippen LogP contribution in [0.25, 0.3) is 0 Å². The van der Waals surface area contributed by atoms with Gasteiger partial charge in [0.25, 0.3) is 0 Å². The summed E-state index contributed by atoms with van der Waals surface area (Å²) in [5.41, 5.74) is 1.04. The number of carboxylic acids is 1. The summed E-state index contributed by atoms with van der Waals surface area (Å²) in [5, 5.41) is 11.5. The molecule has 2 aromatic rings. The van der Waals surface area contributed by atoms with Gasteiger partial charge in [-0.15, -0.1) is 0 Å². The van der Waals surface area contributed by atoms with E-state index in [2.05, 4.69) is 5.32 Å². The second-order valence-electron chi connectivity index (χ2n) is 6.15. The molecule has 0 aromatic heterocycles. The third-order valence-corrected chi connectivity index (χ3v) is 4.40. The first-order chi connectivity index (χ1) is 12.9. The lowest BCUT2D eigenvalue weighted by Gasteiger charge is -2.17. The summed E-state index contributed by atoms with van der Waals surface area (Å²) >= 11 is 0. The zero-order valence-corrected chi connectivity index (χ0v) is 14.1. The molecule has 2 N–H and O–H groups in total. The predicted molar refractivity (Wildman–Crippen MR) is 92.1 cm³/mol. The lowest BCUT2D eigenvalue weighted by atomic mass is 10.1. The van der Waals surface area contributed by atoms with Crippen LogP contribution in [0.2, 0.25) is 0 Å². The number of carbonyl (C=O) groups is 3. The molecule has 1 atom stereocenters. The van der Waals surface area contributed by atoms with E-state index in [4.69, 9.17) is 5.11 Å². The van der Waals surface area contributed by atoms with E-state index in [0.717, 1.165) is 12.1 Å². The van der Waals surface area contributed by atoms with Crippen molar-refractivity contribution in [3.05, 3.63) is 65.2 Å². The minimum Gasteiger partial charge on any atom is -0.478 e. The van der Waals surface area contributed by atoms with Gasteiger partial charge in [-0.25, -0.2) is 13.6 Å². The molecule has 0 radical (unpaired) electrons. The number of anilines is 1. The zero-order valence-electron chi connectivity index (χ0n) is 14.1. The summed E-state index contributed by atoms with van der Waals surface area (Å²) in [6.07, 6.45) is 0.265. The van der Waals surface area contributed by atoms with Gasteiger partial charge in [-0.05, 0) is 36.2 Å². The Bertz CT molecular complexity index is 899. The SMILES string of the molecule is O=C(O)c1ccc(CNC(=O)[C@H]2CCN(c3ccc(F)c(F)c3)C2=O)cc1. The second-order valence-corrected chi connectivity index (χ2v) is 6.15. The van der Waals surface area contributed by atoms with Crippen molar-refractivity contribution in [2.75, 3.05) is 11.4 Å². The fraction of sp³-hybridized carbons (Fsp3) is 0.211. The Hall–Kier alpha value is -3.29. The standard InChI is InChI=1S/C19H16F2N2O4/c20-15-6-5-13(9-16(15)21)23-8-7-14(18(23)25)17(24)22-10-11-1-3-12(4-2-11)19(26)27/h1-6,9,14H,7-8,10H2,(H,22,24)(H,26,27)/t14-/m1/s1. The molecule has 6 nitrogen and oxygen atoms in total. The molecule has 1 aliphatic heterocycles. The smallest absolute Gasteiger partial charge is 0.335 e. The maximum Gasteiger partial charge on any atom is 0.335 e. The second kappa shape index (κ2) is 7.53. The van der Waals surface area contributed by atoms with Crippen molar-refractivity contribution in [2.45, 2.75) is 13.0 Å². The Morgan fingerprint density at radius 1 is 1.11 bits per heavy atom. The molecule has 140 valence electrons. The van der Waals surface area contributed by atoms with E-state index in [-0.39, 0.29) is 30.8 Å². The van der Waals surface area contributed by atoms with Gasteiger partial charge in [0.15, 0.2) is 11.6 Å². The van der Waals surface area contributed by atoms with Crippen molar-refractivity contribution in [1.82, 2.24) is 5.32 Å². The summed E-state index contributed by atoms with van der Waals surface area (Å²) in [6, 6.07) is 9.16. The van der Waals surface area contributed by atoms with Gasteiger partial charge in [0.2, 0.25) is 11.8 Å². The molecule has 1 heterocycles. The summed E-state index contributed by atoms with van der Waals surface area (Å²) < 4.78 is 26.4. The Morgan fingerprint density at radius 3 is 2.44 bits per heavy atom. The van der Waals surface area contributed by atoms with E-state index in [0.29, 0.717) is 5.56 Å². The average Bonchev–Trinajstić information content (AvgIpc) is 3.04. The maximum atomic E-state index is 13.4. The molecular formula is C19H16F2N2O4. The number of carbonyl (C=O) groups excluding carboxylic acids is 2. The van der Waals surface area contributed by atoms with E-state index in [1.54, 1.807) is 12.1 Å². The summed E-state index contributed by atoms with van der Waals surface area (Å²) in [7, 11) is 0. The fourth-order valence-electron chi connectivity index (χ4n) is 2.91. The largest absolute Gasteiger partial charge is 0.478 e.